The molecule has 0 aromatic heterocycles. The van der Waals surface area contributed by atoms with Gasteiger partial charge in [0.1, 0.15) is 73.2 Å². The Morgan fingerprint density at radius 1 is 0.364 bits per heavy atom. The maximum absolute atomic E-state index is 13.5. The molecule has 19 nitrogen and oxygen atoms in total. The van der Waals surface area contributed by atoms with Crippen LogP contribution in [-0.4, -0.2) is 193 Å². The van der Waals surface area contributed by atoms with Gasteiger partial charge in [-0.1, -0.05) is 314 Å². The van der Waals surface area contributed by atoms with Crippen LogP contribution in [0.1, 0.15) is 335 Å². The lowest BCUT2D eigenvalue weighted by atomic mass is 9.96. The number of aliphatic hydroxyl groups excluding tert-OH is 11. The predicted octanol–water partition coefficient (Wildman–Crippen LogP) is 13.5. The Morgan fingerprint density at radius 2 is 0.667 bits per heavy atom. The second-order valence-electron chi connectivity index (χ2n) is 29.2. The Labute approximate surface area is 600 Å². The normalized spacial score (nSPS) is 26.7. The zero-order valence-electron chi connectivity index (χ0n) is 62.2. The molecular weight excluding hydrogens is 1260 g/mol. The summed E-state index contributed by atoms with van der Waals surface area (Å²) < 4.78 is 34.5. The van der Waals surface area contributed by atoms with Crippen molar-refractivity contribution in [3.05, 3.63) is 36.5 Å². The molecule has 3 fully saturated rings. The fourth-order valence-corrected chi connectivity index (χ4v) is 13.9. The van der Waals surface area contributed by atoms with Crippen molar-refractivity contribution in [2.24, 2.45) is 0 Å². The number of carbonyl (C=O) groups is 1. The van der Waals surface area contributed by atoms with Crippen molar-refractivity contribution < 1.29 is 89.4 Å². The average Bonchev–Trinajstić information content (AvgIpc) is 0.577. The molecule has 0 aromatic carbocycles. The van der Waals surface area contributed by atoms with Crippen molar-refractivity contribution in [2.45, 2.75) is 439 Å². The van der Waals surface area contributed by atoms with Crippen LogP contribution in [0.25, 0.3) is 0 Å². The molecule has 99 heavy (non-hydrogen) atoms. The molecule has 3 saturated heterocycles. The summed E-state index contributed by atoms with van der Waals surface area (Å²) in [6, 6.07) is -0.973. The molecule has 12 N–H and O–H groups in total. The second-order valence-corrected chi connectivity index (χ2v) is 29.2. The minimum absolute atomic E-state index is 0.247. The monoisotopic (exact) mass is 1410 g/mol. The van der Waals surface area contributed by atoms with Crippen molar-refractivity contribution in [1.29, 1.82) is 0 Å². The summed E-state index contributed by atoms with van der Waals surface area (Å²) >= 11 is 0. The van der Waals surface area contributed by atoms with Crippen LogP contribution in [0.15, 0.2) is 36.5 Å². The smallest absolute Gasteiger partial charge is 0.220 e. The first-order valence-corrected chi connectivity index (χ1v) is 40.7. The van der Waals surface area contributed by atoms with Crippen molar-refractivity contribution in [3.63, 3.8) is 0 Å². The van der Waals surface area contributed by atoms with Crippen LogP contribution in [0.4, 0.5) is 0 Å². The Morgan fingerprint density at radius 3 is 1.03 bits per heavy atom. The van der Waals surface area contributed by atoms with Gasteiger partial charge in [0.25, 0.3) is 0 Å². The topological polar surface area (TPSA) is 307 Å². The number of amides is 1. The Kier molecular flexibility index (Phi) is 56.4. The molecule has 0 radical (unpaired) electrons. The number of ether oxygens (including phenoxy) is 6. The van der Waals surface area contributed by atoms with E-state index in [9.17, 15) is 61.0 Å². The molecule has 19 heteroatoms. The predicted molar refractivity (Wildman–Crippen MR) is 393 cm³/mol. The quantitative estimate of drug-likeness (QED) is 0.0199. The van der Waals surface area contributed by atoms with Crippen LogP contribution in [0, 0.1) is 0 Å². The third-order valence-electron chi connectivity index (χ3n) is 20.4. The van der Waals surface area contributed by atoms with Gasteiger partial charge in [0, 0.05) is 6.42 Å². The fraction of sp³-hybridized carbons (Fsp3) is 0.912. The number of aliphatic hydroxyl groups is 11. The van der Waals surface area contributed by atoms with Gasteiger partial charge in [-0.15, -0.1) is 0 Å². The molecule has 0 aliphatic carbocycles. The number of rotatable bonds is 65. The van der Waals surface area contributed by atoms with Gasteiger partial charge >= 0.3 is 0 Å². The highest BCUT2D eigenvalue weighted by molar-refractivity contribution is 5.76. The summed E-state index contributed by atoms with van der Waals surface area (Å²) in [6.07, 6.45) is 48.4. The maximum atomic E-state index is 13.5. The lowest BCUT2D eigenvalue weighted by Crippen LogP contribution is -2.66. The number of carbonyl (C=O) groups excluding carboxylic acids is 1. The molecule has 1 amide bonds. The van der Waals surface area contributed by atoms with E-state index in [1.807, 2.05) is 6.08 Å². The van der Waals surface area contributed by atoms with E-state index in [1.165, 1.54) is 257 Å². The van der Waals surface area contributed by atoms with Crippen LogP contribution in [0.5, 0.6) is 0 Å². The SMILES string of the molecule is CCCCCCC/C=C\C/C=C\CCCCCCCCCCCCCCCCCCCCCC(=O)NC(COC1OC(CO)C(OC2OC(CO)C(OC3OC(CO)C(O)C(O)C3O)C(O)C2O)C(O)C1O)C(O)/C=C/CCCCCCCCCCCCCCCCCCCCCCC. The first-order chi connectivity index (χ1) is 48.3. The van der Waals surface area contributed by atoms with Gasteiger partial charge in [-0.05, 0) is 51.4 Å². The molecule has 3 aliphatic heterocycles. The summed E-state index contributed by atoms with van der Waals surface area (Å²) in [4.78, 5) is 13.5. The molecule has 0 bridgehead atoms. The Hall–Kier alpha value is -1.99. The van der Waals surface area contributed by atoms with Gasteiger partial charge in [0.15, 0.2) is 18.9 Å². The number of unbranched alkanes of at least 4 members (excludes halogenated alkanes) is 45. The highest BCUT2D eigenvalue weighted by Crippen LogP contribution is 2.33. The molecule has 17 unspecified atom stereocenters. The summed E-state index contributed by atoms with van der Waals surface area (Å²) in [6.45, 7) is 1.78. The summed E-state index contributed by atoms with van der Waals surface area (Å²) in [7, 11) is 0. The van der Waals surface area contributed by atoms with Gasteiger partial charge in [-0.3, -0.25) is 4.79 Å². The van der Waals surface area contributed by atoms with Crippen molar-refractivity contribution in [2.75, 3.05) is 26.4 Å². The van der Waals surface area contributed by atoms with Gasteiger partial charge in [0.05, 0.1) is 38.6 Å². The number of allylic oxidation sites excluding steroid dienone is 5. The first-order valence-electron chi connectivity index (χ1n) is 40.7. The summed E-state index contributed by atoms with van der Waals surface area (Å²) in [5.41, 5.74) is 0. The molecule has 0 aromatic rings. The van der Waals surface area contributed by atoms with Crippen molar-refractivity contribution in [1.82, 2.24) is 5.32 Å². The summed E-state index contributed by atoms with van der Waals surface area (Å²) in [5, 5.41) is 121. The number of hydrogen-bond acceptors (Lipinski definition) is 18. The lowest BCUT2D eigenvalue weighted by molar-refractivity contribution is -0.379. The van der Waals surface area contributed by atoms with E-state index in [0.717, 1.165) is 51.4 Å². The zero-order valence-corrected chi connectivity index (χ0v) is 62.2. The standard InChI is InChI=1S/C80H149NO18/c1-3-5-7-9-11-13-15-17-19-21-23-25-27-28-29-30-31-32-33-34-36-38-40-42-44-46-48-50-52-54-56-58-68(86)81-63(64(85)57-55-53-51-49-47-45-43-41-39-37-35-26-24-22-20-18-16-14-12-10-8-6-4-2)62-94-78-74(92)71(89)76(66(60-83)96-78)99-80-75(93)72(90)77(67(61-84)97-80)98-79-73(91)70(88)69(87)65(59-82)95-79/h15,17,21,23,55,57,63-67,69-80,82-85,87-93H,3-14,16,18-20,22,24-54,56,58-62H2,1-2H3,(H,81,86)/b17-15-,23-21-,57-55+. The van der Waals surface area contributed by atoms with Crippen LogP contribution in [0.2, 0.25) is 0 Å². The van der Waals surface area contributed by atoms with E-state index in [0.29, 0.717) is 6.42 Å². The van der Waals surface area contributed by atoms with Gasteiger partial charge < -0.3 is 89.9 Å². The Bertz CT molecular complexity index is 1930. The van der Waals surface area contributed by atoms with E-state index in [4.69, 9.17) is 28.4 Å². The molecular formula is C80H149NO18. The average molecular weight is 1410 g/mol. The van der Waals surface area contributed by atoms with E-state index < -0.39 is 124 Å². The molecule has 3 aliphatic rings. The zero-order chi connectivity index (χ0) is 71.8. The largest absolute Gasteiger partial charge is 0.394 e. The third-order valence-corrected chi connectivity index (χ3v) is 20.4. The maximum Gasteiger partial charge on any atom is 0.220 e. The van der Waals surface area contributed by atoms with Crippen LogP contribution in [0.3, 0.4) is 0 Å². The van der Waals surface area contributed by atoms with E-state index >= 15 is 0 Å². The third kappa shape index (κ3) is 41.5. The van der Waals surface area contributed by atoms with E-state index in [-0.39, 0.29) is 18.9 Å². The van der Waals surface area contributed by atoms with Crippen LogP contribution < -0.4 is 5.32 Å². The van der Waals surface area contributed by atoms with Crippen molar-refractivity contribution in [3.8, 4) is 0 Å². The van der Waals surface area contributed by atoms with E-state index in [2.05, 4.69) is 43.5 Å². The molecule has 0 spiro atoms. The van der Waals surface area contributed by atoms with Gasteiger partial charge in [-0.2, -0.15) is 0 Å². The highest BCUT2D eigenvalue weighted by atomic mass is 16.8. The minimum Gasteiger partial charge on any atom is -0.394 e. The van der Waals surface area contributed by atoms with Crippen molar-refractivity contribution >= 4 is 5.91 Å². The number of nitrogens with one attached hydrogen (secondary N) is 1. The molecule has 3 heterocycles. The first kappa shape index (κ1) is 91.2. The lowest BCUT2D eigenvalue weighted by Gasteiger charge is -2.48. The van der Waals surface area contributed by atoms with Gasteiger partial charge in [0.2, 0.25) is 5.91 Å². The van der Waals surface area contributed by atoms with Gasteiger partial charge in [-0.25, -0.2) is 0 Å². The Balaban J connectivity index is 1.36. The molecule has 0 saturated carbocycles. The van der Waals surface area contributed by atoms with E-state index in [1.54, 1.807) is 6.08 Å². The summed E-state index contributed by atoms with van der Waals surface area (Å²) in [5.74, 6) is -0.269. The molecule has 3 rings (SSSR count). The van der Waals surface area contributed by atoms with Crippen LogP contribution >= 0.6 is 0 Å². The second kappa shape index (κ2) is 61.2. The highest BCUT2D eigenvalue weighted by Gasteiger charge is 2.54. The molecule has 582 valence electrons. The van der Waals surface area contributed by atoms with Crippen LogP contribution in [-0.2, 0) is 33.2 Å². The fourth-order valence-electron chi connectivity index (χ4n) is 13.9. The minimum atomic E-state index is -1.98. The molecule has 17 atom stereocenters. The number of hydrogen-bond donors (Lipinski definition) is 12.